The summed E-state index contributed by atoms with van der Waals surface area (Å²) in [6, 6.07) is 5.11. The molecule has 0 spiro atoms. The van der Waals surface area contributed by atoms with E-state index in [9.17, 15) is 9.59 Å². The molecule has 0 aliphatic carbocycles. The number of benzene rings is 1. The van der Waals surface area contributed by atoms with Gasteiger partial charge in [0, 0.05) is 0 Å². The Bertz CT molecular complexity index is 454. The Kier molecular flexibility index (Phi) is 4.89. The number of carbonyl (C=O) groups is 2. The van der Waals surface area contributed by atoms with Crippen molar-refractivity contribution in [1.82, 2.24) is 5.32 Å². The average Bonchev–Trinajstić information content (AvgIpc) is 2.30. The van der Waals surface area contributed by atoms with E-state index in [0.29, 0.717) is 6.42 Å². The van der Waals surface area contributed by atoms with Crippen molar-refractivity contribution in [2.24, 2.45) is 0 Å². The van der Waals surface area contributed by atoms with Crippen LogP contribution >= 0.6 is 0 Å². The minimum absolute atomic E-state index is 0.220. The lowest BCUT2D eigenvalue weighted by Crippen LogP contribution is -2.41. The van der Waals surface area contributed by atoms with Crippen molar-refractivity contribution in [3.05, 3.63) is 34.9 Å². The van der Waals surface area contributed by atoms with E-state index in [1.54, 1.807) is 6.92 Å². The zero-order chi connectivity index (χ0) is 13.7. The molecule has 1 amide bonds. The molecule has 18 heavy (non-hydrogen) atoms. The van der Waals surface area contributed by atoms with Gasteiger partial charge in [-0.25, -0.2) is 4.79 Å². The molecule has 0 radical (unpaired) electrons. The fraction of sp³-hybridized carbons (Fsp3) is 0.429. The van der Waals surface area contributed by atoms with E-state index in [1.165, 1.54) is 0 Å². The summed E-state index contributed by atoms with van der Waals surface area (Å²) in [5.41, 5.74) is 3.07. The first-order valence-electron chi connectivity index (χ1n) is 6.02. The largest absolute Gasteiger partial charge is 0.480 e. The molecule has 0 aliphatic rings. The van der Waals surface area contributed by atoms with Crippen LogP contribution in [0.5, 0.6) is 0 Å². The third kappa shape index (κ3) is 3.87. The Balaban J connectivity index is 2.70. The molecule has 0 heterocycles. The molecule has 0 unspecified atom stereocenters. The van der Waals surface area contributed by atoms with Gasteiger partial charge in [0.2, 0.25) is 5.91 Å². The molecule has 1 rings (SSSR count). The van der Waals surface area contributed by atoms with E-state index in [1.807, 2.05) is 32.0 Å². The van der Waals surface area contributed by atoms with Crippen LogP contribution in [0.1, 0.15) is 30.0 Å². The lowest BCUT2D eigenvalue weighted by Gasteiger charge is -2.13. The number of amides is 1. The van der Waals surface area contributed by atoms with Crippen LogP contribution in [-0.2, 0) is 16.0 Å². The Morgan fingerprint density at radius 2 is 2.00 bits per heavy atom. The lowest BCUT2D eigenvalue weighted by molar-refractivity contribution is -0.141. The molecule has 1 atom stereocenters. The number of aliphatic carboxylic acids is 1. The summed E-state index contributed by atoms with van der Waals surface area (Å²) in [6.45, 7) is 5.64. The van der Waals surface area contributed by atoms with Gasteiger partial charge in [0.1, 0.15) is 6.04 Å². The number of hydrogen-bond acceptors (Lipinski definition) is 2. The third-order valence-corrected chi connectivity index (χ3v) is 2.90. The van der Waals surface area contributed by atoms with Crippen LogP contribution in [0.25, 0.3) is 0 Å². The topological polar surface area (TPSA) is 66.4 Å². The quantitative estimate of drug-likeness (QED) is 0.836. The van der Waals surface area contributed by atoms with Crippen molar-refractivity contribution in [3.63, 3.8) is 0 Å². The second-order valence-corrected chi connectivity index (χ2v) is 4.47. The van der Waals surface area contributed by atoms with Gasteiger partial charge in [-0.3, -0.25) is 4.79 Å². The smallest absolute Gasteiger partial charge is 0.326 e. The maximum Gasteiger partial charge on any atom is 0.326 e. The van der Waals surface area contributed by atoms with Crippen molar-refractivity contribution in [2.75, 3.05) is 0 Å². The predicted octanol–water partition coefficient (Wildman–Crippen LogP) is 1.83. The zero-order valence-corrected chi connectivity index (χ0v) is 11.0. The molecule has 0 aromatic heterocycles. The normalized spacial score (nSPS) is 11.9. The number of carbonyl (C=O) groups excluding carboxylic acids is 1. The molecule has 1 aromatic rings. The first-order chi connectivity index (χ1) is 8.43. The van der Waals surface area contributed by atoms with E-state index in [4.69, 9.17) is 5.11 Å². The molecule has 0 saturated carbocycles. The molecule has 2 N–H and O–H groups in total. The number of nitrogens with one attached hydrogen (secondary N) is 1. The van der Waals surface area contributed by atoms with Crippen LogP contribution in [0.2, 0.25) is 0 Å². The Labute approximate surface area is 107 Å². The Morgan fingerprint density at radius 1 is 1.33 bits per heavy atom. The zero-order valence-electron chi connectivity index (χ0n) is 11.0. The van der Waals surface area contributed by atoms with Gasteiger partial charge >= 0.3 is 5.97 Å². The van der Waals surface area contributed by atoms with Gasteiger partial charge in [0.05, 0.1) is 6.42 Å². The predicted molar refractivity (Wildman–Crippen MR) is 69.5 cm³/mol. The van der Waals surface area contributed by atoms with Gasteiger partial charge in [-0.1, -0.05) is 30.7 Å². The summed E-state index contributed by atoms with van der Waals surface area (Å²) in [5.74, 6) is -1.25. The van der Waals surface area contributed by atoms with E-state index in [2.05, 4.69) is 5.32 Å². The first kappa shape index (κ1) is 14.2. The fourth-order valence-electron chi connectivity index (χ4n) is 1.75. The standard InChI is InChI=1S/C14H19NO3/c1-4-12(14(17)18)15-13(16)8-11-7-9(2)5-6-10(11)3/h5-7,12H,4,8H2,1-3H3,(H,15,16)(H,17,18)/t12-/m1/s1. The SMILES string of the molecule is CC[C@@H](NC(=O)Cc1cc(C)ccc1C)C(=O)O. The molecule has 1 aromatic carbocycles. The molecule has 98 valence electrons. The summed E-state index contributed by atoms with van der Waals surface area (Å²) in [7, 11) is 0. The number of carboxylic acids is 1. The molecule has 0 fully saturated rings. The van der Waals surface area contributed by atoms with Gasteiger partial charge in [0.25, 0.3) is 0 Å². The number of carboxylic acid groups (broad SMARTS) is 1. The van der Waals surface area contributed by atoms with Crippen LogP contribution < -0.4 is 5.32 Å². The highest BCUT2D eigenvalue weighted by atomic mass is 16.4. The van der Waals surface area contributed by atoms with Crippen molar-refractivity contribution in [1.29, 1.82) is 0 Å². The Hall–Kier alpha value is -1.84. The molecule has 0 saturated heterocycles. The molecule has 4 heteroatoms. The summed E-state index contributed by atoms with van der Waals surface area (Å²) in [6.07, 6.45) is 0.602. The van der Waals surface area contributed by atoms with Crippen molar-refractivity contribution < 1.29 is 14.7 Å². The molecule has 0 bridgehead atoms. The second-order valence-electron chi connectivity index (χ2n) is 4.47. The molecular weight excluding hydrogens is 230 g/mol. The van der Waals surface area contributed by atoms with Crippen LogP contribution in [-0.4, -0.2) is 23.0 Å². The van der Waals surface area contributed by atoms with Gasteiger partial charge in [-0.15, -0.1) is 0 Å². The Morgan fingerprint density at radius 3 is 2.56 bits per heavy atom. The molecule has 4 nitrogen and oxygen atoms in total. The van der Waals surface area contributed by atoms with Crippen LogP contribution in [0.3, 0.4) is 0 Å². The fourth-order valence-corrected chi connectivity index (χ4v) is 1.75. The maximum atomic E-state index is 11.8. The van der Waals surface area contributed by atoms with E-state index in [0.717, 1.165) is 16.7 Å². The molecular formula is C14H19NO3. The average molecular weight is 249 g/mol. The number of rotatable bonds is 5. The van der Waals surface area contributed by atoms with Gasteiger partial charge in [0.15, 0.2) is 0 Å². The summed E-state index contributed by atoms with van der Waals surface area (Å²) in [4.78, 5) is 22.6. The highest BCUT2D eigenvalue weighted by Crippen LogP contribution is 2.11. The molecule has 0 aliphatic heterocycles. The van der Waals surface area contributed by atoms with Crippen molar-refractivity contribution >= 4 is 11.9 Å². The van der Waals surface area contributed by atoms with E-state index >= 15 is 0 Å². The van der Waals surface area contributed by atoms with E-state index in [-0.39, 0.29) is 12.3 Å². The highest BCUT2D eigenvalue weighted by molar-refractivity contribution is 5.85. The monoisotopic (exact) mass is 249 g/mol. The summed E-state index contributed by atoms with van der Waals surface area (Å²) < 4.78 is 0. The summed E-state index contributed by atoms with van der Waals surface area (Å²) in [5, 5.41) is 11.4. The van der Waals surface area contributed by atoms with Crippen LogP contribution in [0.15, 0.2) is 18.2 Å². The highest BCUT2D eigenvalue weighted by Gasteiger charge is 2.17. The van der Waals surface area contributed by atoms with Gasteiger partial charge < -0.3 is 10.4 Å². The summed E-state index contributed by atoms with van der Waals surface area (Å²) >= 11 is 0. The van der Waals surface area contributed by atoms with E-state index < -0.39 is 12.0 Å². The van der Waals surface area contributed by atoms with Gasteiger partial charge in [-0.2, -0.15) is 0 Å². The van der Waals surface area contributed by atoms with Crippen molar-refractivity contribution in [2.45, 2.75) is 39.7 Å². The lowest BCUT2D eigenvalue weighted by atomic mass is 10.0. The van der Waals surface area contributed by atoms with Crippen LogP contribution in [0, 0.1) is 13.8 Å². The number of hydrogen-bond donors (Lipinski definition) is 2. The minimum Gasteiger partial charge on any atom is -0.480 e. The minimum atomic E-state index is -0.994. The first-order valence-corrected chi connectivity index (χ1v) is 6.02. The van der Waals surface area contributed by atoms with Crippen LogP contribution in [0.4, 0.5) is 0 Å². The second kappa shape index (κ2) is 6.19. The van der Waals surface area contributed by atoms with Gasteiger partial charge in [-0.05, 0) is 31.4 Å². The number of aryl methyl sites for hydroxylation is 2. The maximum absolute atomic E-state index is 11.8. The third-order valence-electron chi connectivity index (χ3n) is 2.90. The van der Waals surface area contributed by atoms with Crippen molar-refractivity contribution in [3.8, 4) is 0 Å².